The van der Waals surface area contributed by atoms with Crippen LogP contribution in [0, 0.1) is 0 Å². The lowest BCUT2D eigenvalue weighted by Gasteiger charge is -2.30. The Morgan fingerprint density at radius 3 is 1.01 bits per heavy atom. The molecule has 708 valence electrons. The van der Waals surface area contributed by atoms with Crippen LogP contribution in [0.2, 0.25) is 0 Å². The first kappa shape index (κ1) is 94.6. The molecule has 4 aliphatic rings. The number of nitrogens with one attached hydrogen (secondary N) is 8. The summed E-state index contributed by atoms with van der Waals surface area (Å²) in [6.45, 7) is 14.2. The number of benzene rings is 4. The highest BCUT2D eigenvalue weighted by Crippen LogP contribution is 2.36. The topological polar surface area (TPSA) is 426 Å². The summed E-state index contributed by atoms with van der Waals surface area (Å²) in [5.74, 6) is 1.72. The minimum atomic E-state index is -3.50. The number of pyridine rings is 4. The van der Waals surface area contributed by atoms with Crippen LogP contribution in [-0.2, 0) is 10.0 Å². The lowest BCUT2D eigenvalue weighted by molar-refractivity contribution is 0.101. The SMILES string of the molecule is CN(C)S(=O)(=O)c1ccc(-n2cc(-c3nc(C(=O)Nc4cnccc4N4CCNCC4)cs3)cn2)cc1.COc1ccc(-n2cc(-c3nc(C(=O)Nc4cnccc4N4CCNCC4)cs3)cn2)cc1.COc1ccc(-n2ccc(-c3nc(C(=O)Nc4cnccc4N4CCNCC4)cs3)n2)cc1.COc1ccc(-n2ccc(-c3nc(C(=O)Nc4cnccc4N4CCNCC4)cs3)n2)cc1OC. The fraction of sp³-hybridized carbons (Fsp3) is 0.234. The van der Waals surface area contributed by atoms with Crippen molar-refractivity contribution in [2.45, 2.75) is 4.90 Å². The van der Waals surface area contributed by atoms with Crippen molar-refractivity contribution in [1.29, 1.82) is 0 Å². The lowest BCUT2D eigenvalue weighted by atomic mass is 10.2. The molecular formula is C94H97N29O10S5. The Hall–Kier alpha value is -15.1. The zero-order chi connectivity index (χ0) is 95.4. The Kier molecular flexibility index (Phi) is 30.6. The largest absolute Gasteiger partial charge is 0.497 e. The van der Waals surface area contributed by atoms with Gasteiger partial charge in [0.15, 0.2) is 11.5 Å². The minimum Gasteiger partial charge on any atom is -0.497 e. The number of methoxy groups -OCH3 is 4. The number of anilines is 8. The van der Waals surface area contributed by atoms with Crippen molar-refractivity contribution in [3.8, 4) is 88.3 Å². The molecule has 16 aromatic rings. The van der Waals surface area contributed by atoms with Crippen LogP contribution in [0.25, 0.3) is 65.3 Å². The number of thiazole rings is 4. The summed E-state index contributed by atoms with van der Waals surface area (Å²) in [5, 5.41) is 52.9. The molecule has 138 heavy (non-hydrogen) atoms. The maximum atomic E-state index is 13.0. The third kappa shape index (κ3) is 22.8. The Morgan fingerprint density at radius 1 is 0.362 bits per heavy atom. The number of sulfonamides is 1. The Labute approximate surface area is 810 Å². The molecule has 0 spiro atoms. The van der Waals surface area contributed by atoms with Crippen LogP contribution in [0.1, 0.15) is 42.0 Å². The van der Waals surface area contributed by atoms with Crippen LogP contribution in [0.5, 0.6) is 23.0 Å². The third-order valence-electron chi connectivity index (χ3n) is 22.4. The Morgan fingerprint density at radius 2 is 0.674 bits per heavy atom. The van der Waals surface area contributed by atoms with E-state index in [-0.39, 0.29) is 28.5 Å². The molecule has 39 nitrogen and oxygen atoms in total. The summed E-state index contributed by atoms with van der Waals surface area (Å²) in [5.41, 5.74) is 14.2. The van der Waals surface area contributed by atoms with E-state index in [1.54, 1.807) is 161 Å². The zero-order valence-corrected chi connectivity index (χ0v) is 79.9. The number of carbonyl (C=O) groups excluding carboxylic acids is 4. The van der Waals surface area contributed by atoms with E-state index >= 15 is 0 Å². The number of aromatic nitrogens is 16. The average molecular weight is 1950 g/mol. The summed E-state index contributed by atoms with van der Waals surface area (Å²) in [4.78, 5) is 95.8. The molecule has 0 atom stereocenters. The van der Waals surface area contributed by atoms with Gasteiger partial charge in [-0.3, -0.25) is 39.1 Å². The molecule has 44 heteroatoms. The first-order valence-electron chi connectivity index (χ1n) is 43.8. The van der Waals surface area contributed by atoms with Crippen molar-refractivity contribution < 1.29 is 46.5 Å². The predicted molar refractivity (Wildman–Crippen MR) is 535 cm³/mol. The standard InChI is InChI=1S/C24H26N8O3S2.C24H25N7O3S.2C23H23N7O2S/c1-30(2)37(34,35)19-5-3-18(4-6-19)32-15-17(13-27-32)24-29-21(16-36-24)23(33)28-20-14-26-8-7-22(20)31-11-9-25-10-12-31;1-33-21-4-3-16(13-22(21)34-2)31-10-6-17(29-31)24-28-19(15-35-24)23(32)27-18-14-26-7-5-20(18)30-11-8-25-9-12-30;1-32-17-4-2-16(3-5-17)30-11-7-18(28-30)23-27-20(15-33-23)22(31)26-19-14-25-8-6-21(19)29-12-9-24-10-13-29;1-32-18-4-2-17(3-5-18)30-14-16(12-26-30)23-28-20(15-33-23)22(31)27-19-13-25-7-6-21(19)29-10-8-24-9-11-29/h3-8,13-16,25H,9-12H2,1-2H3,(H,28,33);3-7,10,13-15,25H,8-9,11-12H2,1-2H3,(H,27,32);2-8,11,14-15,24H,9-10,12-13H2,1H3,(H,26,31);2-7,12-15,24H,8-11H2,1H3,(H,27,31). The van der Waals surface area contributed by atoms with Gasteiger partial charge in [-0.15, -0.1) is 45.3 Å². The molecule has 4 aromatic carbocycles. The average Bonchev–Trinajstić information content (AvgIpc) is 1.58. The maximum absolute atomic E-state index is 13.0. The van der Waals surface area contributed by atoms with E-state index in [2.05, 4.69) is 122 Å². The summed E-state index contributed by atoms with van der Waals surface area (Å²) < 4.78 is 53.8. The van der Waals surface area contributed by atoms with E-state index in [0.717, 1.165) is 172 Å². The second kappa shape index (κ2) is 44.6. The number of rotatable bonds is 26. The molecule has 4 amide bonds. The van der Waals surface area contributed by atoms with Crippen molar-refractivity contribution in [3.05, 3.63) is 258 Å². The van der Waals surface area contributed by atoms with Crippen molar-refractivity contribution in [2.75, 3.05) is 188 Å². The first-order valence-corrected chi connectivity index (χ1v) is 48.8. The Bertz CT molecular complexity index is 6780. The van der Waals surface area contributed by atoms with Gasteiger partial charge >= 0.3 is 0 Å². The maximum Gasteiger partial charge on any atom is 0.275 e. The zero-order valence-electron chi connectivity index (χ0n) is 75.8. The minimum absolute atomic E-state index is 0.206. The molecule has 12 aromatic heterocycles. The quantitative estimate of drug-likeness (QED) is 0.0250. The van der Waals surface area contributed by atoms with E-state index in [1.165, 1.54) is 63.7 Å². The van der Waals surface area contributed by atoms with Crippen LogP contribution in [0.15, 0.2) is 241 Å². The van der Waals surface area contributed by atoms with E-state index in [1.807, 2.05) is 122 Å². The number of hydrogen-bond donors (Lipinski definition) is 8. The first-order chi connectivity index (χ1) is 67.4. The van der Waals surface area contributed by atoms with Crippen LogP contribution >= 0.6 is 45.3 Å². The number of nitrogens with zero attached hydrogens (tertiary/aromatic N) is 21. The molecule has 0 unspecified atom stereocenters. The highest BCUT2D eigenvalue weighted by molar-refractivity contribution is 7.89. The molecule has 16 heterocycles. The number of ether oxygens (including phenoxy) is 4. The number of amides is 4. The fourth-order valence-electron chi connectivity index (χ4n) is 15.1. The molecule has 0 saturated carbocycles. The van der Waals surface area contributed by atoms with Crippen molar-refractivity contribution in [2.24, 2.45) is 0 Å². The van der Waals surface area contributed by atoms with Gasteiger partial charge in [0, 0.05) is 207 Å². The van der Waals surface area contributed by atoms with Gasteiger partial charge < -0.3 is 81.1 Å². The van der Waals surface area contributed by atoms with E-state index in [9.17, 15) is 27.6 Å². The van der Waals surface area contributed by atoms with Gasteiger partial charge in [-0.1, -0.05) is 0 Å². The van der Waals surface area contributed by atoms with Crippen LogP contribution < -0.4 is 81.1 Å². The van der Waals surface area contributed by atoms with Crippen LogP contribution in [0.4, 0.5) is 45.5 Å². The van der Waals surface area contributed by atoms with Gasteiger partial charge in [-0.05, 0) is 121 Å². The summed E-state index contributed by atoms with van der Waals surface area (Å²) in [6, 6.07) is 38.7. The molecule has 0 radical (unpaired) electrons. The number of carbonyl (C=O) groups is 4. The molecule has 4 fully saturated rings. The second-order valence-corrected chi connectivity index (χ2v) is 36.9. The van der Waals surface area contributed by atoms with E-state index in [4.69, 9.17) is 18.9 Å². The highest BCUT2D eigenvalue weighted by atomic mass is 32.2. The van der Waals surface area contributed by atoms with Crippen molar-refractivity contribution >= 4 is 124 Å². The number of piperazine rings is 4. The third-order valence-corrected chi connectivity index (χ3v) is 27.8. The molecule has 8 N–H and O–H groups in total. The van der Waals surface area contributed by atoms with Gasteiger partial charge in [0.2, 0.25) is 10.0 Å². The summed E-state index contributed by atoms with van der Waals surface area (Å²) >= 11 is 5.51. The smallest absolute Gasteiger partial charge is 0.275 e. The fourth-order valence-corrected chi connectivity index (χ4v) is 19.1. The Balaban J connectivity index is 0.000000127. The summed E-state index contributed by atoms with van der Waals surface area (Å²) in [6.07, 6.45) is 24.4. The molecule has 20 rings (SSSR count). The van der Waals surface area contributed by atoms with E-state index < -0.39 is 10.0 Å². The molecule has 4 aliphatic heterocycles. The van der Waals surface area contributed by atoms with E-state index in [0.29, 0.717) is 89.1 Å². The van der Waals surface area contributed by atoms with Crippen LogP contribution in [-0.4, -0.2) is 263 Å². The summed E-state index contributed by atoms with van der Waals surface area (Å²) in [7, 11) is 5.95. The lowest BCUT2D eigenvalue weighted by Crippen LogP contribution is -2.43. The monoisotopic (exact) mass is 1950 g/mol. The molecule has 0 aliphatic carbocycles. The molecule has 0 bridgehead atoms. The predicted octanol–water partition coefficient (Wildman–Crippen LogP) is 11.5. The molecular weight excluding hydrogens is 1860 g/mol. The number of hydrogen-bond acceptors (Lipinski definition) is 34. The normalized spacial score (nSPS) is 13.8. The van der Waals surface area contributed by atoms with Gasteiger partial charge in [0.25, 0.3) is 23.6 Å². The van der Waals surface area contributed by atoms with Gasteiger partial charge in [-0.25, -0.2) is 51.4 Å². The van der Waals surface area contributed by atoms with Crippen molar-refractivity contribution in [3.63, 3.8) is 0 Å². The molecule has 4 saturated heterocycles. The van der Waals surface area contributed by atoms with Gasteiger partial charge in [0.1, 0.15) is 65.7 Å². The van der Waals surface area contributed by atoms with Crippen molar-refractivity contribution in [1.82, 2.24) is 105 Å². The van der Waals surface area contributed by atoms with Gasteiger partial charge in [-0.2, -0.15) is 20.4 Å². The van der Waals surface area contributed by atoms with Gasteiger partial charge in [0.05, 0.1) is 139 Å². The van der Waals surface area contributed by atoms with Crippen LogP contribution in [0.3, 0.4) is 0 Å². The highest BCUT2D eigenvalue weighted by Gasteiger charge is 2.27. The second-order valence-electron chi connectivity index (χ2n) is 31.3.